The first-order chi connectivity index (χ1) is 6.72. The maximum atomic E-state index is 11.6. The number of ketones is 1. The number of esters is 1. The zero-order chi connectivity index (χ0) is 10.1. The maximum Gasteiger partial charge on any atom is 0.319 e. The summed E-state index contributed by atoms with van der Waals surface area (Å²) < 4.78 is 5.55. The minimum Gasteiger partial charge on any atom is -0.468 e. The van der Waals surface area contributed by atoms with Crippen molar-refractivity contribution in [3.05, 3.63) is 17.0 Å². The number of methoxy groups -OCH3 is 1. The van der Waals surface area contributed by atoms with Crippen molar-refractivity contribution in [3.63, 3.8) is 0 Å². The van der Waals surface area contributed by atoms with Crippen LogP contribution in [0, 0.1) is 0 Å². The number of fused-ring (bicyclic) bond motifs is 1. The highest BCUT2D eigenvalue weighted by Gasteiger charge is 2.31. The number of thioether (sulfide) groups is 1. The third-order valence-corrected chi connectivity index (χ3v) is 4.38. The molecule has 0 saturated heterocycles. The van der Waals surface area contributed by atoms with Crippen LogP contribution in [0.5, 0.6) is 0 Å². The van der Waals surface area contributed by atoms with Crippen molar-refractivity contribution in [2.24, 2.45) is 0 Å². The topological polar surface area (TPSA) is 43.4 Å². The molecule has 1 aromatic rings. The molecule has 0 radical (unpaired) electrons. The van der Waals surface area contributed by atoms with Crippen LogP contribution in [0.25, 0.3) is 0 Å². The lowest BCUT2D eigenvalue weighted by Gasteiger charge is -2.17. The fourth-order valence-electron chi connectivity index (χ4n) is 1.31. The van der Waals surface area contributed by atoms with E-state index in [0.29, 0.717) is 0 Å². The summed E-state index contributed by atoms with van der Waals surface area (Å²) in [6.07, 6.45) is 0.251. The van der Waals surface area contributed by atoms with E-state index in [-0.39, 0.29) is 23.4 Å². The Kier molecular flexibility index (Phi) is 2.60. The van der Waals surface area contributed by atoms with Crippen LogP contribution < -0.4 is 0 Å². The molecule has 5 heteroatoms. The summed E-state index contributed by atoms with van der Waals surface area (Å²) in [6.45, 7) is 0. The van der Waals surface area contributed by atoms with Gasteiger partial charge in [0.2, 0.25) is 0 Å². The normalized spacial score (nSPS) is 20.4. The van der Waals surface area contributed by atoms with Crippen molar-refractivity contribution >= 4 is 34.9 Å². The summed E-state index contributed by atoms with van der Waals surface area (Å²) in [5, 5.41) is 1.51. The molecule has 1 aromatic heterocycles. The average molecular weight is 228 g/mol. The molecule has 0 amide bonds. The molecule has 2 heterocycles. The van der Waals surface area contributed by atoms with E-state index in [1.807, 2.05) is 11.4 Å². The standard InChI is InChI=1S/C9H8O3S2/c1-12-8(11)7-4-6(10)5-2-3-13-9(5)14-7/h2-3,7H,4H2,1H3. The minimum atomic E-state index is -0.362. The molecule has 1 aliphatic rings. The number of carbonyl (C=O) groups excluding carboxylic acids is 2. The van der Waals surface area contributed by atoms with Gasteiger partial charge in [-0.25, -0.2) is 0 Å². The summed E-state index contributed by atoms with van der Waals surface area (Å²) in [7, 11) is 1.34. The Morgan fingerprint density at radius 1 is 1.64 bits per heavy atom. The highest BCUT2D eigenvalue weighted by molar-refractivity contribution is 8.02. The second-order valence-corrected chi connectivity index (χ2v) is 5.27. The van der Waals surface area contributed by atoms with Crippen LogP contribution >= 0.6 is 23.1 Å². The maximum absolute atomic E-state index is 11.6. The Morgan fingerprint density at radius 3 is 3.14 bits per heavy atom. The van der Waals surface area contributed by atoms with Gasteiger partial charge >= 0.3 is 5.97 Å². The smallest absolute Gasteiger partial charge is 0.319 e. The van der Waals surface area contributed by atoms with Crippen LogP contribution in [0.1, 0.15) is 16.8 Å². The SMILES string of the molecule is COC(=O)C1CC(=O)c2ccsc2S1. The predicted octanol–water partition coefficient (Wildman–Crippen LogP) is 1.97. The van der Waals surface area contributed by atoms with E-state index in [1.54, 1.807) is 0 Å². The van der Waals surface area contributed by atoms with Crippen molar-refractivity contribution in [2.45, 2.75) is 15.9 Å². The lowest BCUT2D eigenvalue weighted by atomic mass is 10.1. The number of carbonyl (C=O) groups is 2. The van der Waals surface area contributed by atoms with E-state index in [0.717, 1.165) is 9.77 Å². The Bertz CT molecular complexity index is 383. The fourth-order valence-corrected chi connectivity index (χ4v) is 3.67. The van der Waals surface area contributed by atoms with Gasteiger partial charge in [0.15, 0.2) is 5.78 Å². The molecule has 14 heavy (non-hydrogen) atoms. The fraction of sp³-hybridized carbons (Fsp3) is 0.333. The number of ether oxygens (including phenoxy) is 1. The molecule has 0 aliphatic carbocycles. The Balaban J connectivity index is 2.25. The molecule has 0 aromatic carbocycles. The summed E-state index contributed by atoms with van der Waals surface area (Å²) in [5.74, 6) is -0.280. The Hall–Kier alpha value is -0.810. The van der Waals surface area contributed by atoms with Crippen LogP contribution in [-0.4, -0.2) is 24.1 Å². The highest BCUT2D eigenvalue weighted by Crippen LogP contribution is 2.39. The van der Waals surface area contributed by atoms with Crippen LogP contribution in [0.15, 0.2) is 15.7 Å². The third kappa shape index (κ3) is 1.57. The third-order valence-electron chi connectivity index (χ3n) is 2.01. The second-order valence-electron chi connectivity index (χ2n) is 2.88. The van der Waals surface area contributed by atoms with Gasteiger partial charge in [-0.1, -0.05) is 11.8 Å². The van der Waals surface area contributed by atoms with Crippen LogP contribution in [-0.2, 0) is 9.53 Å². The lowest BCUT2D eigenvalue weighted by Crippen LogP contribution is -2.25. The number of rotatable bonds is 1. The van der Waals surface area contributed by atoms with Gasteiger partial charge in [0.05, 0.1) is 11.3 Å². The molecule has 74 valence electrons. The molecule has 1 aliphatic heterocycles. The van der Waals surface area contributed by atoms with Gasteiger partial charge in [-0.05, 0) is 11.4 Å². The lowest BCUT2D eigenvalue weighted by molar-refractivity contribution is -0.139. The molecule has 3 nitrogen and oxygen atoms in total. The van der Waals surface area contributed by atoms with E-state index in [9.17, 15) is 9.59 Å². The minimum absolute atomic E-state index is 0.0374. The quantitative estimate of drug-likeness (QED) is 0.689. The van der Waals surface area contributed by atoms with Gasteiger partial charge in [-0.2, -0.15) is 0 Å². The highest BCUT2D eigenvalue weighted by atomic mass is 32.2. The summed E-state index contributed by atoms with van der Waals surface area (Å²) in [4.78, 5) is 22.8. The molecule has 2 rings (SSSR count). The van der Waals surface area contributed by atoms with Gasteiger partial charge in [-0.15, -0.1) is 11.3 Å². The van der Waals surface area contributed by atoms with E-state index < -0.39 is 0 Å². The summed E-state index contributed by atoms with van der Waals surface area (Å²) in [5.41, 5.74) is 0.750. The number of hydrogen-bond donors (Lipinski definition) is 0. The predicted molar refractivity (Wildman–Crippen MR) is 54.9 cm³/mol. The molecule has 1 unspecified atom stereocenters. The first kappa shape index (κ1) is 9.73. The van der Waals surface area contributed by atoms with E-state index in [1.165, 1.54) is 30.2 Å². The molecular weight excluding hydrogens is 220 g/mol. The Morgan fingerprint density at radius 2 is 2.43 bits per heavy atom. The van der Waals surface area contributed by atoms with Crippen LogP contribution in [0.3, 0.4) is 0 Å². The zero-order valence-corrected chi connectivity index (χ0v) is 9.11. The second kappa shape index (κ2) is 3.74. The van der Waals surface area contributed by atoms with Crippen molar-refractivity contribution in [1.82, 2.24) is 0 Å². The van der Waals surface area contributed by atoms with Crippen LogP contribution in [0.4, 0.5) is 0 Å². The molecule has 0 N–H and O–H groups in total. The van der Waals surface area contributed by atoms with Gasteiger partial charge in [0.25, 0.3) is 0 Å². The van der Waals surface area contributed by atoms with Crippen molar-refractivity contribution in [1.29, 1.82) is 0 Å². The zero-order valence-electron chi connectivity index (χ0n) is 7.48. The monoisotopic (exact) mass is 228 g/mol. The number of hydrogen-bond acceptors (Lipinski definition) is 5. The molecule has 0 saturated carbocycles. The number of thiophene rings is 1. The molecule has 0 spiro atoms. The van der Waals surface area contributed by atoms with Crippen molar-refractivity contribution in [3.8, 4) is 0 Å². The molecule has 0 fully saturated rings. The molecule has 0 bridgehead atoms. The molecular formula is C9H8O3S2. The van der Waals surface area contributed by atoms with E-state index >= 15 is 0 Å². The largest absolute Gasteiger partial charge is 0.468 e. The van der Waals surface area contributed by atoms with Crippen LogP contribution in [0.2, 0.25) is 0 Å². The van der Waals surface area contributed by atoms with Gasteiger partial charge in [0, 0.05) is 12.0 Å². The summed E-state index contributed by atoms with van der Waals surface area (Å²) in [6, 6.07) is 1.81. The van der Waals surface area contributed by atoms with Crippen molar-refractivity contribution < 1.29 is 14.3 Å². The molecule has 1 atom stereocenters. The summed E-state index contributed by atoms with van der Waals surface area (Å²) >= 11 is 2.92. The Labute approximate surface area is 89.5 Å². The number of Topliss-reactive ketones (excluding diaryl/α,β-unsaturated/α-hetero) is 1. The van der Waals surface area contributed by atoms with E-state index in [4.69, 9.17) is 0 Å². The average Bonchev–Trinajstić information content (AvgIpc) is 2.64. The van der Waals surface area contributed by atoms with Gasteiger partial charge < -0.3 is 4.74 Å². The van der Waals surface area contributed by atoms with Gasteiger partial charge in [-0.3, -0.25) is 9.59 Å². The first-order valence-corrected chi connectivity index (χ1v) is 5.83. The van der Waals surface area contributed by atoms with Gasteiger partial charge in [0.1, 0.15) is 5.25 Å². The van der Waals surface area contributed by atoms with E-state index in [2.05, 4.69) is 4.74 Å². The first-order valence-electron chi connectivity index (χ1n) is 4.07. The van der Waals surface area contributed by atoms with Crippen molar-refractivity contribution in [2.75, 3.05) is 7.11 Å².